The van der Waals surface area contributed by atoms with E-state index in [4.69, 9.17) is 4.74 Å². The Morgan fingerprint density at radius 2 is 1.50 bits per heavy atom. The van der Waals surface area contributed by atoms with Crippen LogP contribution in [0, 0.1) is 0 Å². The van der Waals surface area contributed by atoms with E-state index in [0.717, 1.165) is 56.2 Å². The molecule has 0 radical (unpaired) electrons. The molecule has 1 aliphatic rings. The molecule has 2 N–H and O–H groups in total. The largest absolute Gasteiger partial charge is 0.480 e. The number of fused-ring (bicyclic) bond motifs is 6. The molecule has 6 rings (SSSR count). The molecule has 1 atom stereocenters. The van der Waals surface area contributed by atoms with Gasteiger partial charge in [-0.25, -0.2) is 9.59 Å². The summed E-state index contributed by atoms with van der Waals surface area (Å²) in [7, 11) is 0. The summed E-state index contributed by atoms with van der Waals surface area (Å²) in [6.07, 6.45) is -0.580. The Bertz CT molecular complexity index is 1640. The molecule has 0 saturated heterocycles. The fourth-order valence-electron chi connectivity index (χ4n) is 5.79. The molecule has 6 nitrogen and oxygen atoms in total. The molecular weight excluding hydrogens is 476 g/mol. The maximum atomic E-state index is 12.8. The van der Waals surface area contributed by atoms with Gasteiger partial charge >= 0.3 is 12.1 Å². The topological polar surface area (TPSA) is 80.6 Å². The number of para-hydroxylation sites is 1. The molecule has 1 unspecified atom stereocenters. The summed E-state index contributed by atoms with van der Waals surface area (Å²) in [4.78, 5) is 24.8. The zero-order valence-corrected chi connectivity index (χ0v) is 21.1. The fourth-order valence-corrected chi connectivity index (χ4v) is 5.79. The van der Waals surface area contributed by atoms with Crippen LogP contribution in [0.2, 0.25) is 0 Å². The van der Waals surface area contributed by atoms with E-state index in [1.165, 1.54) is 0 Å². The van der Waals surface area contributed by atoms with E-state index in [2.05, 4.69) is 41.1 Å². The van der Waals surface area contributed by atoms with Crippen LogP contribution in [0.4, 0.5) is 4.79 Å². The predicted octanol–water partition coefficient (Wildman–Crippen LogP) is 6.35. The van der Waals surface area contributed by atoms with Crippen molar-refractivity contribution in [2.75, 3.05) is 6.61 Å². The van der Waals surface area contributed by atoms with Gasteiger partial charge in [0.2, 0.25) is 0 Å². The zero-order valence-electron chi connectivity index (χ0n) is 21.1. The van der Waals surface area contributed by atoms with Gasteiger partial charge < -0.3 is 19.7 Å². The van der Waals surface area contributed by atoms with Crippen LogP contribution < -0.4 is 5.32 Å². The molecule has 1 amide bonds. The molecule has 0 spiro atoms. The number of carboxylic acid groups (broad SMARTS) is 1. The molecule has 0 bridgehead atoms. The third-order valence-electron chi connectivity index (χ3n) is 7.53. The molecule has 4 aromatic carbocycles. The van der Waals surface area contributed by atoms with Crippen LogP contribution >= 0.6 is 0 Å². The zero-order chi connectivity index (χ0) is 26.2. The summed E-state index contributed by atoms with van der Waals surface area (Å²) in [5, 5.41) is 14.7. The minimum Gasteiger partial charge on any atom is -0.480 e. The number of hydrogen-bond donors (Lipinski definition) is 2. The van der Waals surface area contributed by atoms with Gasteiger partial charge in [0.05, 0.1) is 0 Å². The maximum absolute atomic E-state index is 12.8. The lowest BCUT2D eigenvalue weighted by Gasteiger charge is -2.17. The number of nitrogens with one attached hydrogen (secondary N) is 1. The first-order valence-electron chi connectivity index (χ1n) is 12.9. The van der Waals surface area contributed by atoms with Crippen molar-refractivity contribution in [3.8, 4) is 11.1 Å². The molecule has 38 heavy (non-hydrogen) atoms. The van der Waals surface area contributed by atoms with Crippen LogP contribution in [0.1, 0.15) is 29.5 Å². The van der Waals surface area contributed by atoms with E-state index in [-0.39, 0.29) is 18.9 Å². The number of aryl methyl sites for hydroxylation is 1. The second-order valence-electron chi connectivity index (χ2n) is 9.68. The van der Waals surface area contributed by atoms with Crippen LogP contribution in [0.15, 0.2) is 91.0 Å². The average Bonchev–Trinajstić information content (AvgIpc) is 3.43. The number of alkyl carbamates (subject to hydrolysis) is 1. The van der Waals surface area contributed by atoms with Crippen molar-refractivity contribution in [2.24, 2.45) is 0 Å². The molecule has 0 saturated carbocycles. The second kappa shape index (κ2) is 9.71. The van der Waals surface area contributed by atoms with Gasteiger partial charge in [-0.2, -0.15) is 0 Å². The number of nitrogens with zero attached hydrogens (tertiary/aromatic N) is 1. The van der Waals surface area contributed by atoms with Crippen LogP contribution in [-0.2, 0) is 22.5 Å². The average molecular weight is 505 g/mol. The molecule has 1 heterocycles. The van der Waals surface area contributed by atoms with E-state index < -0.39 is 18.1 Å². The minimum atomic E-state index is -1.11. The van der Waals surface area contributed by atoms with Gasteiger partial charge in [0.25, 0.3) is 0 Å². The summed E-state index contributed by atoms with van der Waals surface area (Å²) in [6, 6.07) is 29.3. The molecular formula is C32H28N2O4. The van der Waals surface area contributed by atoms with Crippen molar-refractivity contribution in [1.82, 2.24) is 9.88 Å². The summed E-state index contributed by atoms with van der Waals surface area (Å²) in [5.41, 5.74) is 7.58. The highest BCUT2D eigenvalue weighted by atomic mass is 16.5. The summed E-state index contributed by atoms with van der Waals surface area (Å²) in [6.45, 7) is 3.08. The van der Waals surface area contributed by atoms with E-state index in [0.29, 0.717) is 0 Å². The molecule has 190 valence electrons. The van der Waals surface area contributed by atoms with E-state index in [1.54, 1.807) is 0 Å². The number of carbonyl (C=O) groups is 2. The van der Waals surface area contributed by atoms with Gasteiger partial charge in [-0.05, 0) is 52.9 Å². The number of benzene rings is 4. The quantitative estimate of drug-likeness (QED) is 0.271. The monoisotopic (exact) mass is 504 g/mol. The van der Waals surface area contributed by atoms with Crippen molar-refractivity contribution in [2.45, 2.75) is 31.8 Å². The Balaban J connectivity index is 1.18. The van der Waals surface area contributed by atoms with Gasteiger partial charge in [0.15, 0.2) is 0 Å². The molecule has 0 aliphatic heterocycles. The lowest BCUT2D eigenvalue weighted by atomic mass is 9.98. The number of aliphatic carboxylic acids is 1. The van der Waals surface area contributed by atoms with E-state index in [9.17, 15) is 14.7 Å². The smallest absolute Gasteiger partial charge is 0.407 e. The van der Waals surface area contributed by atoms with Crippen molar-refractivity contribution in [3.05, 3.63) is 108 Å². The number of rotatable bonds is 7. The maximum Gasteiger partial charge on any atom is 0.407 e. The summed E-state index contributed by atoms with van der Waals surface area (Å²) < 4.78 is 7.84. The van der Waals surface area contributed by atoms with Crippen molar-refractivity contribution < 1.29 is 19.4 Å². The summed E-state index contributed by atoms with van der Waals surface area (Å²) in [5.74, 6) is -1.19. The van der Waals surface area contributed by atoms with E-state index in [1.807, 2.05) is 66.7 Å². The second-order valence-corrected chi connectivity index (χ2v) is 9.68. The highest BCUT2D eigenvalue weighted by Crippen LogP contribution is 2.44. The standard InChI is InChI=1S/C32H28N2O4/c1-2-34-29-14-8-7-13-25(29)26-17-20(15-16-30(26)34)18-28(31(35)36)33-32(37)38-19-27-23-11-5-3-9-21(23)22-10-4-6-12-24(22)27/h3-17,27-28H,2,18-19H2,1H3,(H,33,37)(H,35,36). The molecule has 1 aromatic heterocycles. The van der Waals surface area contributed by atoms with Gasteiger partial charge in [-0.15, -0.1) is 0 Å². The summed E-state index contributed by atoms with van der Waals surface area (Å²) >= 11 is 0. The number of hydrogen-bond acceptors (Lipinski definition) is 3. The highest BCUT2D eigenvalue weighted by molar-refractivity contribution is 6.08. The van der Waals surface area contributed by atoms with E-state index >= 15 is 0 Å². The molecule has 1 aliphatic carbocycles. The van der Waals surface area contributed by atoms with Crippen LogP contribution in [0.3, 0.4) is 0 Å². The van der Waals surface area contributed by atoms with Crippen molar-refractivity contribution in [1.29, 1.82) is 0 Å². The molecule has 6 heteroatoms. The van der Waals surface area contributed by atoms with Crippen LogP contribution in [0.5, 0.6) is 0 Å². The van der Waals surface area contributed by atoms with Crippen LogP contribution in [-0.4, -0.2) is 34.4 Å². The first-order chi connectivity index (χ1) is 18.5. The third-order valence-corrected chi connectivity index (χ3v) is 7.53. The Labute approximate surface area is 220 Å². The number of aromatic nitrogens is 1. The number of ether oxygens (including phenoxy) is 1. The first-order valence-corrected chi connectivity index (χ1v) is 12.9. The van der Waals surface area contributed by atoms with Gasteiger partial charge in [-0.3, -0.25) is 0 Å². The van der Waals surface area contributed by atoms with Gasteiger partial charge in [0, 0.05) is 40.7 Å². The van der Waals surface area contributed by atoms with Crippen molar-refractivity contribution in [3.63, 3.8) is 0 Å². The lowest BCUT2D eigenvalue weighted by molar-refractivity contribution is -0.139. The van der Waals surface area contributed by atoms with Crippen molar-refractivity contribution >= 4 is 33.9 Å². The molecule has 0 fully saturated rings. The van der Waals surface area contributed by atoms with Gasteiger partial charge in [-0.1, -0.05) is 72.8 Å². The van der Waals surface area contributed by atoms with Crippen LogP contribution in [0.25, 0.3) is 32.9 Å². The fraction of sp³-hybridized carbons (Fsp3) is 0.188. The first kappa shape index (κ1) is 23.8. The Morgan fingerprint density at radius 1 is 0.868 bits per heavy atom. The number of carbonyl (C=O) groups excluding carboxylic acids is 1. The Hall–Kier alpha value is -4.58. The Kier molecular flexibility index (Phi) is 6.08. The SMILES string of the molecule is CCn1c2ccccc2c2cc(CC(NC(=O)OCC3c4ccccc4-c4ccccc43)C(=O)O)ccc21. The highest BCUT2D eigenvalue weighted by Gasteiger charge is 2.30. The Morgan fingerprint density at radius 3 is 2.18 bits per heavy atom. The van der Waals surface area contributed by atoms with Gasteiger partial charge in [0.1, 0.15) is 12.6 Å². The third kappa shape index (κ3) is 4.08. The normalized spacial score (nSPS) is 13.3. The molecule has 5 aromatic rings. The predicted molar refractivity (Wildman–Crippen MR) is 148 cm³/mol. The number of carboxylic acids is 1. The minimum absolute atomic E-state index is 0.0882. The lowest BCUT2D eigenvalue weighted by Crippen LogP contribution is -2.42. The number of amides is 1.